The number of nitrogens with one attached hydrogen (secondary N) is 1. The van der Waals surface area contributed by atoms with Crippen molar-refractivity contribution in [2.45, 2.75) is 36.6 Å². The van der Waals surface area contributed by atoms with Crippen LogP contribution in [0.4, 0.5) is 0 Å². The predicted molar refractivity (Wildman–Crippen MR) is 64.3 cm³/mol. The molecular formula is C11H16N2O3S. The second-order valence-electron chi connectivity index (χ2n) is 4.32. The van der Waals surface area contributed by atoms with E-state index in [1.54, 1.807) is 7.05 Å². The van der Waals surface area contributed by atoms with E-state index in [1.807, 2.05) is 0 Å². The van der Waals surface area contributed by atoms with Crippen molar-refractivity contribution in [1.29, 1.82) is 0 Å². The van der Waals surface area contributed by atoms with E-state index in [0.717, 1.165) is 25.7 Å². The zero-order chi connectivity index (χ0) is 12.5. The van der Waals surface area contributed by atoms with E-state index < -0.39 is 15.6 Å². The number of pyridine rings is 1. The van der Waals surface area contributed by atoms with Gasteiger partial charge in [0, 0.05) is 19.3 Å². The number of hydrogen-bond acceptors (Lipinski definition) is 3. The van der Waals surface area contributed by atoms with Gasteiger partial charge in [0.15, 0.2) is 0 Å². The Labute approximate surface area is 101 Å². The van der Waals surface area contributed by atoms with Crippen LogP contribution in [-0.2, 0) is 10.0 Å². The molecule has 0 radical (unpaired) electrons. The monoisotopic (exact) mass is 256 g/mol. The summed E-state index contributed by atoms with van der Waals surface area (Å²) in [5.74, 6) is 0. The quantitative estimate of drug-likeness (QED) is 0.875. The molecule has 5 nitrogen and oxygen atoms in total. The molecule has 2 rings (SSSR count). The van der Waals surface area contributed by atoms with Gasteiger partial charge in [-0.15, -0.1) is 0 Å². The van der Waals surface area contributed by atoms with Gasteiger partial charge in [-0.2, -0.15) is 4.31 Å². The summed E-state index contributed by atoms with van der Waals surface area (Å²) in [5.41, 5.74) is -0.558. The molecule has 1 aromatic heterocycles. The van der Waals surface area contributed by atoms with E-state index in [0.29, 0.717) is 0 Å². The van der Waals surface area contributed by atoms with Crippen molar-refractivity contribution in [3.05, 3.63) is 28.7 Å². The minimum atomic E-state index is -3.66. The third kappa shape index (κ3) is 2.28. The third-order valence-corrected chi connectivity index (χ3v) is 5.21. The molecule has 1 saturated carbocycles. The average molecular weight is 256 g/mol. The molecule has 0 aliphatic heterocycles. The van der Waals surface area contributed by atoms with Crippen molar-refractivity contribution in [3.63, 3.8) is 0 Å². The van der Waals surface area contributed by atoms with Crippen molar-refractivity contribution in [2.24, 2.45) is 0 Å². The van der Waals surface area contributed by atoms with E-state index in [9.17, 15) is 13.2 Å². The summed E-state index contributed by atoms with van der Waals surface area (Å²) in [6, 6.07) is 2.90. The Kier molecular flexibility index (Phi) is 3.35. The van der Waals surface area contributed by atoms with Crippen molar-refractivity contribution in [1.82, 2.24) is 9.29 Å². The minimum absolute atomic E-state index is 0.0274. The number of hydrogen-bond donors (Lipinski definition) is 1. The Bertz CT molecular complexity index is 544. The molecule has 0 aromatic carbocycles. The second kappa shape index (κ2) is 4.62. The molecule has 1 heterocycles. The van der Waals surface area contributed by atoms with Crippen LogP contribution in [0.3, 0.4) is 0 Å². The highest BCUT2D eigenvalue weighted by molar-refractivity contribution is 7.89. The van der Waals surface area contributed by atoms with Gasteiger partial charge in [-0.3, -0.25) is 4.79 Å². The predicted octanol–water partition coefficient (Wildman–Crippen LogP) is 0.938. The molecule has 94 valence electrons. The fraction of sp³-hybridized carbons (Fsp3) is 0.545. The maximum absolute atomic E-state index is 12.2. The van der Waals surface area contributed by atoms with Crippen molar-refractivity contribution in [3.8, 4) is 0 Å². The molecule has 0 unspecified atom stereocenters. The lowest BCUT2D eigenvalue weighted by Gasteiger charge is -2.23. The lowest BCUT2D eigenvalue weighted by Crippen LogP contribution is -2.37. The highest BCUT2D eigenvalue weighted by atomic mass is 32.2. The lowest BCUT2D eigenvalue weighted by atomic mass is 10.3. The highest BCUT2D eigenvalue weighted by Crippen LogP contribution is 2.26. The SMILES string of the molecule is CN(C1CCCC1)S(=O)(=O)c1ccc[nH]c1=O. The topological polar surface area (TPSA) is 70.2 Å². The molecule has 1 aromatic rings. The van der Waals surface area contributed by atoms with E-state index >= 15 is 0 Å². The molecule has 0 bridgehead atoms. The fourth-order valence-electron chi connectivity index (χ4n) is 2.23. The largest absolute Gasteiger partial charge is 0.328 e. The molecule has 1 N–H and O–H groups in total. The van der Waals surface area contributed by atoms with Gasteiger partial charge in [0.2, 0.25) is 10.0 Å². The first-order valence-electron chi connectivity index (χ1n) is 5.69. The summed E-state index contributed by atoms with van der Waals surface area (Å²) in [5, 5.41) is 0. The number of rotatable bonds is 3. The van der Waals surface area contributed by atoms with Crippen LogP contribution in [0.25, 0.3) is 0 Å². The zero-order valence-corrected chi connectivity index (χ0v) is 10.5. The fourth-order valence-corrected chi connectivity index (χ4v) is 3.69. The molecule has 1 aliphatic rings. The summed E-state index contributed by atoms with van der Waals surface area (Å²) in [6.45, 7) is 0. The normalized spacial score (nSPS) is 17.8. The molecule has 1 fully saturated rings. The highest BCUT2D eigenvalue weighted by Gasteiger charge is 2.31. The van der Waals surface area contributed by atoms with Crippen LogP contribution in [0.5, 0.6) is 0 Å². The third-order valence-electron chi connectivity index (χ3n) is 3.28. The summed E-state index contributed by atoms with van der Waals surface area (Å²) in [6.07, 6.45) is 5.28. The van der Waals surface area contributed by atoms with Gasteiger partial charge < -0.3 is 4.98 Å². The summed E-state index contributed by atoms with van der Waals surface area (Å²) in [4.78, 5) is 13.7. The van der Waals surface area contributed by atoms with Crippen molar-refractivity contribution < 1.29 is 8.42 Å². The molecule has 0 atom stereocenters. The molecular weight excluding hydrogens is 240 g/mol. The molecule has 6 heteroatoms. The van der Waals surface area contributed by atoms with Crippen LogP contribution < -0.4 is 5.56 Å². The lowest BCUT2D eigenvalue weighted by molar-refractivity contribution is 0.372. The van der Waals surface area contributed by atoms with Crippen LogP contribution in [-0.4, -0.2) is 30.8 Å². The number of sulfonamides is 1. The smallest absolute Gasteiger partial charge is 0.268 e. The van der Waals surface area contributed by atoms with E-state index in [2.05, 4.69) is 4.98 Å². The minimum Gasteiger partial charge on any atom is -0.328 e. The number of aromatic amines is 1. The average Bonchev–Trinajstić information content (AvgIpc) is 2.81. The maximum Gasteiger partial charge on any atom is 0.268 e. The summed E-state index contributed by atoms with van der Waals surface area (Å²) < 4.78 is 25.8. The molecule has 0 saturated heterocycles. The van der Waals surface area contributed by atoms with Crippen LogP contribution in [0, 0.1) is 0 Å². The molecule has 17 heavy (non-hydrogen) atoms. The number of H-pyrrole nitrogens is 1. The number of nitrogens with zero attached hydrogens (tertiary/aromatic N) is 1. The van der Waals surface area contributed by atoms with Gasteiger partial charge in [-0.25, -0.2) is 8.42 Å². The Balaban J connectivity index is 2.36. The first kappa shape index (κ1) is 12.3. The van der Waals surface area contributed by atoms with Gasteiger partial charge in [0.25, 0.3) is 5.56 Å². The van der Waals surface area contributed by atoms with Crippen LogP contribution in [0.15, 0.2) is 28.0 Å². The number of aromatic nitrogens is 1. The van der Waals surface area contributed by atoms with Crippen LogP contribution in [0.2, 0.25) is 0 Å². The standard InChI is InChI=1S/C11H16N2O3S/c1-13(9-5-2-3-6-9)17(15,16)10-7-4-8-12-11(10)14/h4,7-9H,2-3,5-6H2,1H3,(H,12,14). The van der Waals surface area contributed by atoms with Crippen molar-refractivity contribution >= 4 is 10.0 Å². The Morgan fingerprint density at radius 2 is 2.00 bits per heavy atom. The Hall–Kier alpha value is -1.14. The first-order chi connectivity index (χ1) is 8.03. The first-order valence-corrected chi connectivity index (χ1v) is 7.13. The van der Waals surface area contributed by atoms with Crippen LogP contribution in [0.1, 0.15) is 25.7 Å². The second-order valence-corrected chi connectivity index (χ2v) is 6.29. The Morgan fingerprint density at radius 3 is 2.59 bits per heavy atom. The molecule has 1 aliphatic carbocycles. The van der Waals surface area contributed by atoms with Gasteiger partial charge in [-0.05, 0) is 25.0 Å². The van der Waals surface area contributed by atoms with E-state index in [1.165, 1.54) is 22.6 Å². The van der Waals surface area contributed by atoms with E-state index in [4.69, 9.17) is 0 Å². The Morgan fingerprint density at radius 1 is 1.35 bits per heavy atom. The maximum atomic E-state index is 12.2. The van der Waals surface area contributed by atoms with Gasteiger partial charge in [0.1, 0.15) is 4.90 Å². The van der Waals surface area contributed by atoms with Gasteiger partial charge in [0.05, 0.1) is 0 Å². The van der Waals surface area contributed by atoms with Crippen molar-refractivity contribution in [2.75, 3.05) is 7.05 Å². The molecule has 0 amide bonds. The van der Waals surface area contributed by atoms with Crippen LogP contribution >= 0.6 is 0 Å². The molecule has 0 spiro atoms. The van der Waals surface area contributed by atoms with Gasteiger partial charge in [-0.1, -0.05) is 12.8 Å². The summed E-state index contributed by atoms with van der Waals surface area (Å²) in [7, 11) is -2.11. The van der Waals surface area contributed by atoms with Gasteiger partial charge >= 0.3 is 0 Å². The van der Waals surface area contributed by atoms with E-state index in [-0.39, 0.29) is 10.9 Å². The summed E-state index contributed by atoms with van der Waals surface area (Å²) >= 11 is 0. The zero-order valence-electron chi connectivity index (χ0n) is 9.72.